The van der Waals surface area contributed by atoms with Gasteiger partial charge >= 0.3 is 0 Å². The predicted molar refractivity (Wildman–Crippen MR) is 70.0 cm³/mol. The number of carbonyl (C=O) groups excluding carboxylic acids is 1. The van der Waals surface area contributed by atoms with Crippen LogP contribution < -0.4 is 16.8 Å². The van der Waals surface area contributed by atoms with Gasteiger partial charge in [0.15, 0.2) is 5.82 Å². The van der Waals surface area contributed by atoms with Crippen molar-refractivity contribution in [2.24, 2.45) is 17.1 Å². The Morgan fingerprint density at radius 2 is 2.24 bits per heavy atom. The average Bonchev–Trinajstić information content (AvgIpc) is 2.95. The van der Waals surface area contributed by atoms with Gasteiger partial charge < -0.3 is 16.8 Å². The SMILES string of the molecule is CC(C)C1(CNc2snc(N)c2C(N)=O)CC1. The first kappa shape index (κ1) is 12.2. The predicted octanol–water partition coefficient (Wildman–Crippen LogP) is 1.67. The highest BCUT2D eigenvalue weighted by Gasteiger charge is 2.45. The van der Waals surface area contributed by atoms with Gasteiger partial charge in [0.1, 0.15) is 10.6 Å². The van der Waals surface area contributed by atoms with Gasteiger partial charge in [0.2, 0.25) is 0 Å². The summed E-state index contributed by atoms with van der Waals surface area (Å²) in [5, 5.41) is 3.97. The minimum Gasteiger partial charge on any atom is -0.382 e. The smallest absolute Gasteiger partial charge is 0.255 e. The molecule has 0 radical (unpaired) electrons. The molecule has 1 aromatic rings. The number of primary amides is 1. The highest BCUT2D eigenvalue weighted by molar-refractivity contribution is 7.11. The first-order valence-corrected chi connectivity index (χ1v) is 6.52. The molecule has 1 aromatic heterocycles. The molecule has 94 valence electrons. The van der Waals surface area contributed by atoms with Gasteiger partial charge in [-0.2, -0.15) is 4.37 Å². The Bertz CT molecular complexity index is 437. The van der Waals surface area contributed by atoms with Crippen molar-refractivity contribution in [2.75, 3.05) is 17.6 Å². The van der Waals surface area contributed by atoms with E-state index in [2.05, 4.69) is 23.5 Å². The summed E-state index contributed by atoms with van der Waals surface area (Å²) in [6, 6.07) is 0. The van der Waals surface area contributed by atoms with Crippen LogP contribution >= 0.6 is 11.5 Å². The summed E-state index contributed by atoms with van der Waals surface area (Å²) in [5.41, 5.74) is 11.6. The van der Waals surface area contributed by atoms with Gasteiger partial charge in [-0.25, -0.2) is 0 Å². The topological polar surface area (TPSA) is 94.0 Å². The summed E-state index contributed by atoms with van der Waals surface area (Å²) in [6.45, 7) is 5.31. The number of anilines is 2. The third-order valence-corrected chi connectivity index (χ3v) is 4.50. The normalized spacial score (nSPS) is 17.1. The van der Waals surface area contributed by atoms with Gasteiger partial charge in [-0.1, -0.05) is 13.8 Å². The maximum Gasteiger partial charge on any atom is 0.255 e. The number of amides is 1. The number of nitrogens with zero attached hydrogens (tertiary/aromatic N) is 1. The van der Waals surface area contributed by atoms with Gasteiger partial charge in [-0.05, 0) is 35.7 Å². The summed E-state index contributed by atoms with van der Waals surface area (Å²) >= 11 is 1.20. The molecule has 0 aromatic carbocycles. The Morgan fingerprint density at radius 3 is 2.71 bits per heavy atom. The largest absolute Gasteiger partial charge is 0.382 e. The minimum atomic E-state index is -0.520. The molecule has 5 nitrogen and oxygen atoms in total. The summed E-state index contributed by atoms with van der Waals surface area (Å²) < 4.78 is 3.96. The van der Waals surface area contributed by atoms with E-state index in [1.807, 2.05) is 0 Å². The average molecular weight is 254 g/mol. The monoisotopic (exact) mass is 254 g/mol. The molecule has 1 amide bonds. The second-order valence-electron chi connectivity index (χ2n) is 5.01. The minimum absolute atomic E-state index is 0.222. The van der Waals surface area contributed by atoms with E-state index in [9.17, 15) is 4.79 Å². The first-order valence-electron chi connectivity index (χ1n) is 5.75. The van der Waals surface area contributed by atoms with Crippen LogP contribution in [0.2, 0.25) is 0 Å². The fourth-order valence-electron chi connectivity index (χ4n) is 2.04. The third-order valence-electron chi connectivity index (χ3n) is 3.68. The maximum absolute atomic E-state index is 11.2. The number of rotatable bonds is 5. The zero-order valence-electron chi connectivity index (χ0n) is 10.1. The molecule has 17 heavy (non-hydrogen) atoms. The Labute approximate surface area is 105 Å². The number of nitrogens with one attached hydrogen (secondary N) is 1. The van der Waals surface area contributed by atoms with E-state index in [-0.39, 0.29) is 5.82 Å². The van der Waals surface area contributed by atoms with Gasteiger partial charge in [-0.15, -0.1) is 0 Å². The standard InChI is InChI=1S/C11H18N4OS/c1-6(2)11(3-4-11)5-14-10-7(9(13)16)8(12)15-17-10/h6,14H,3-5H2,1-2H3,(H2,12,15)(H2,13,16). The van der Waals surface area contributed by atoms with Crippen LogP contribution in [-0.2, 0) is 0 Å². The Kier molecular flexibility index (Phi) is 2.99. The zero-order valence-corrected chi connectivity index (χ0v) is 10.9. The first-order chi connectivity index (χ1) is 7.96. The van der Waals surface area contributed by atoms with Crippen LogP contribution in [0.3, 0.4) is 0 Å². The molecule has 1 heterocycles. The fourth-order valence-corrected chi connectivity index (χ4v) is 2.75. The van der Waals surface area contributed by atoms with Crippen molar-refractivity contribution in [3.05, 3.63) is 5.56 Å². The lowest BCUT2D eigenvalue weighted by molar-refractivity contribution is 0.100. The zero-order chi connectivity index (χ0) is 12.6. The Hall–Kier alpha value is -1.30. The van der Waals surface area contributed by atoms with E-state index in [0.717, 1.165) is 6.54 Å². The second-order valence-corrected chi connectivity index (χ2v) is 5.78. The van der Waals surface area contributed by atoms with Crippen molar-refractivity contribution >= 4 is 28.3 Å². The van der Waals surface area contributed by atoms with Crippen LogP contribution in [-0.4, -0.2) is 16.8 Å². The highest BCUT2D eigenvalue weighted by atomic mass is 32.1. The summed E-state index contributed by atoms with van der Waals surface area (Å²) in [7, 11) is 0. The van der Waals surface area contributed by atoms with E-state index in [1.54, 1.807) is 0 Å². The molecular formula is C11H18N4OS. The molecule has 0 aliphatic heterocycles. The van der Waals surface area contributed by atoms with Crippen LogP contribution in [0, 0.1) is 11.3 Å². The molecule has 6 heteroatoms. The molecule has 2 rings (SSSR count). The number of aromatic nitrogens is 1. The van der Waals surface area contributed by atoms with Crippen molar-refractivity contribution in [1.29, 1.82) is 0 Å². The molecule has 5 N–H and O–H groups in total. The molecule has 0 unspecified atom stereocenters. The van der Waals surface area contributed by atoms with Crippen LogP contribution in [0.4, 0.5) is 10.8 Å². The molecule has 0 atom stereocenters. The van der Waals surface area contributed by atoms with Crippen molar-refractivity contribution in [3.63, 3.8) is 0 Å². The molecule has 1 aliphatic carbocycles. The molecule has 0 spiro atoms. The van der Waals surface area contributed by atoms with Gasteiger partial charge in [-0.3, -0.25) is 4.79 Å². The molecule has 0 bridgehead atoms. The van der Waals surface area contributed by atoms with E-state index in [1.165, 1.54) is 24.4 Å². The van der Waals surface area contributed by atoms with E-state index in [0.29, 0.717) is 21.9 Å². The summed E-state index contributed by atoms with van der Waals surface area (Å²) in [5.74, 6) is 0.338. The lowest BCUT2D eigenvalue weighted by Gasteiger charge is -2.20. The Morgan fingerprint density at radius 1 is 1.59 bits per heavy atom. The van der Waals surface area contributed by atoms with Gasteiger partial charge in [0.25, 0.3) is 5.91 Å². The summed E-state index contributed by atoms with van der Waals surface area (Å²) in [6.07, 6.45) is 2.47. The van der Waals surface area contributed by atoms with Gasteiger partial charge in [0.05, 0.1) is 0 Å². The summed E-state index contributed by atoms with van der Waals surface area (Å²) in [4.78, 5) is 11.2. The van der Waals surface area contributed by atoms with Crippen LogP contribution in [0.25, 0.3) is 0 Å². The van der Waals surface area contributed by atoms with E-state index >= 15 is 0 Å². The van der Waals surface area contributed by atoms with Crippen molar-refractivity contribution in [1.82, 2.24) is 4.37 Å². The highest BCUT2D eigenvalue weighted by Crippen LogP contribution is 2.52. The van der Waals surface area contributed by atoms with E-state index < -0.39 is 5.91 Å². The van der Waals surface area contributed by atoms with Crippen molar-refractivity contribution < 1.29 is 4.79 Å². The molecule has 0 saturated heterocycles. The second kappa shape index (κ2) is 4.18. The number of hydrogen-bond donors (Lipinski definition) is 3. The molecular weight excluding hydrogens is 236 g/mol. The van der Waals surface area contributed by atoms with Crippen LogP contribution in [0.5, 0.6) is 0 Å². The molecule has 1 saturated carbocycles. The lowest BCUT2D eigenvalue weighted by atomic mass is 9.92. The number of nitrogens with two attached hydrogens (primary N) is 2. The quantitative estimate of drug-likeness (QED) is 0.745. The number of nitrogen functional groups attached to an aromatic ring is 1. The van der Waals surface area contributed by atoms with Crippen LogP contribution in [0.1, 0.15) is 37.0 Å². The molecule has 1 aliphatic rings. The third kappa shape index (κ3) is 2.22. The van der Waals surface area contributed by atoms with Crippen LogP contribution in [0.15, 0.2) is 0 Å². The van der Waals surface area contributed by atoms with Crippen molar-refractivity contribution in [2.45, 2.75) is 26.7 Å². The maximum atomic E-state index is 11.2. The van der Waals surface area contributed by atoms with E-state index in [4.69, 9.17) is 11.5 Å². The fraction of sp³-hybridized carbons (Fsp3) is 0.636. The lowest BCUT2D eigenvalue weighted by Crippen LogP contribution is -2.22. The number of hydrogen-bond acceptors (Lipinski definition) is 5. The number of carbonyl (C=O) groups is 1. The Balaban J connectivity index is 2.07. The molecule has 1 fully saturated rings. The van der Waals surface area contributed by atoms with Gasteiger partial charge in [0, 0.05) is 6.54 Å². The van der Waals surface area contributed by atoms with Crippen molar-refractivity contribution in [3.8, 4) is 0 Å².